The first kappa shape index (κ1) is 17.3. The molecule has 6 heteroatoms. The maximum Gasteiger partial charge on any atom is 0.303 e. The summed E-state index contributed by atoms with van der Waals surface area (Å²) in [5.41, 5.74) is 0.397. The van der Waals surface area contributed by atoms with Crippen LogP contribution in [0.5, 0.6) is 5.75 Å². The number of carbonyl (C=O) groups is 2. The Balaban J connectivity index is 2.79. The lowest BCUT2D eigenvalue weighted by molar-refractivity contribution is -0.137. The lowest BCUT2D eigenvalue weighted by atomic mass is 10.1. The summed E-state index contributed by atoms with van der Waals surface area (Å²) in [5, 5.41) is 9.08. The molecule has 0 unspecified atom stereocenters. The standard InChI is InChI=1S/C15H20ClNO4/c1-3-9-21-13-7-6-11(16)10-12(13)15(20)17(2)8-4-5-14(18)19/h6-7,10H,3-5,8-9H2,1-2H3,(H,18,19). The van der Waals surface area contributed by atoms with Crippen LogP contribution in [0.25, 0.3) is 0 Å². The molecule has 0 aliphatic carbocycles. The van der Waals surface area contributed by atoms with Gasteiger partial charge in [0.2, 0.25) is 0 Å². The summed E-state index contributed by atoms with van der Waals surface area (Å²) >= 11 is 5.94. The Hall–Kier alpha value is -1.75. The van der Waals surface area contributed by atoms with Crippen LogP contribution in [0.2, 0.25) is 5.02 Å². The Morgan fingerprint density at radius 1 is 1.38 bits per heavy atom. The number of hydrogen-bond acceptors (Lipinski definition) is 3. The van der Waals surface area contributed by atoms with Gasteiger partial charge >= 0.3 is 5.97 Å². The molecule has 116 valence electrons. The van der Waals surface area contributed by atoms with Gasteiger partial charge in [-0.05, 0) is 31.0 Å². The van der Waals surface area contributed by atoms with E-state index in [2.05, 4.69) is 0 Å². The van der Waals surface area contributed by atoms with E-state index < -0.39 is 5.97 Å². The molecule has 0 radical (unpaired) electrons. The molecule has 0 bridgehead atoms. The fourth-order valence-electron chi connectivity index (χ4n) is 1.78. The molecule has 1 aromatic rings. The largest absolute Gasteiger partial charge is 0.493 e. The van der Waals surface area contributed by atoms with Crippen molar-refractivity contribution in [2.75, 3.05) is 20.2 Å². The van der Waals surface area contributed by atoms with E-state index >= 15 is 0 Å². The summed E-state index contributed by atoms with van der Waals surface area (Å²) in [6, 6.07) is 4.92. The van der Waals surface area contributed by atoms with E-state index in [9.17, 15) is 9.59 Å². The maximum atomic E-state index is 12.4. The number of carboxylic acids is 1. The molecule has 0 aliphatic heterocycles. The van der Waals surface area contributed by atoms with Gasteiger partial charge in [-0.25, -0.2) is 0 Å². The van der Waals surface area contributed by atoms with Crippen molar-refractivity contribution in [3.8, 4) is 5.75 Å². The number of carbonyl (C=O) groups excluding carboxylic acids is 1. The highest BCUT2D eigenvalue weighted by atomic mass is 35.5. The van der Waals surface area contributed by atoms with Crippen LogP contribution in [0, 0.1) is 0 Å². The maximum absolute atomic E-state index is 12.4. The van der Waals surface area contributed by atoms with Crippen LogP contribution < -0.4 is 4.74 Å². The van der Waals surface area contributed by atoms with Crippen molar-refractivity contribution in [1.82, 2.24) is 4.90 Å². The normalized spacial score (nSPS) is 10.2. The molecular weight excluding hydrogens is 294 g/mol. The zero-order valence-electron chi connectivity index (χ0n) is 12.3. The molecule has 0 saturated heterocycles. The number of hydrogen-bond donors (Lipinski definition) is 1. The van der Waals surface area contributed by atoms with E-state index in [1.807, 2.05) is 6.92 Å². The smallest absolute Gasteiger partial charge is 0.303 e. The van der Waals surface area contributed by atoms with E-state index in [1.165, 1.54) is 4.90 Å². The first-order valence-electron chi connectivity index (χ1n) is 6.85. The Morgan fingerprint density at radius 3 is 2.71 bits per heavy atom. The number of rotatable bonds is 8. The van der Waals surface area contributed by atoms with Gasteiger partial charge in [0, 0.05) is 25.0 Å². The predicted molar refractivity (Wildman–Crippen MR) is 81.1 cm³/mol. The van der Waals surface area contributed by atoms with Gasteiger partial charge in [-0.15, -0.1) is 0 Å². The Bertz CT molecular complexity index is 504. The van der Waals surface area contributed by atoms with Crippen LogP contribution in [0.4, 0.5) is 0 Å². The van der Waals surface area contributed by atoms with Crippen molar-refractivity contribution in [3.63, 3.8) is 0 Å². The van der Waals surface area contributed by atoms with Crippen molar-refractivity contribution in [1.29, 1.82) is 0 Å². The van der Waals surface area contributed by atoms with Crippen molar-refractivity contribution in [2.24, 2.45) is 0 Å². The molecule has 0 heterocycles. The van der Waals surface area contributed by atoms with Gasteiger partial charge < -0.3 is 14.7 Å². The second kappa shape index (κ2) is 8.52. The molecule has 1 aromatic carbocycles. The van der Waals surface area contributed by atoms with Crippen LogP contribution >= 0.6 is 11.6 Å². The average molecular weight is 314 g/mol. The van der Waals surface area contributed by atoms with Crippen molar-refractivity contribution >= 4 is 23.5 Å². The number of amides is 1. The quantitative estimate of drug-likeness (QED) is 0.801. The molecule has 1 N–H and O–H groups in total. The van der Waals surface area contributed by atoms with Crippen LogP contribution in [0.1, 0.15) is 36.5 Å². The number of benzene rings is 1. The van der Waals surface area contributed by atoms with Gasteiger partial charge in [0.1, 0.15) is 5.75 Å². The molecule has 0 aromatic heterocycles. The fraction of sp³-hybridized carbons (Fsp3) is 0.467. The van der Waals surface area contributed by atoms with Crippen molar-refractivity contribution in [3.05, 3.63) is 28.8 Å². The number of halogens is 1. The zero-order chi connectivity index (χ0) is 15.8. The minimum absolute atomic E-state index is 0.0341. The SMILES string of the molecule is CCCOc1ccc(Cl)cc1C(=O)N(C)CCCC(=O)O. The molecule has 21 heavy (non-hydrogen) atoms. The molecule has 5 nitrogen and oxygen atoms in total. The van der Waals surface area contributed by atoms with Crippen LogP contribution in [0.15, 0.2) is 18.2 Å². The summed E-state index contributed by atoms with van der Waals surface area (Å²) in [5.74, 6) is -0.601. The van der Waals surface area contributed by atoms with Crippen LogP contribution in [-0.2, 0) is 4.79 Å². The Kier molecular flexibility index (Phi) is 7.02. The molecule has 1 rings (SSSR count). The lowest BCUT2D eigenvalue weighted by Crippen LogP contribution is -2.28. The van der Waals surface area contributed by atoms with Gasteiger partial charge in [-0.1, -0.05) is 18.5 Å². The highest BCUT2D eigenvalue weighted by molar-refractivity contribution is 6.31. The van der Waals surface area contributed by atoms with Gasteiger partial charge in [-0.3, -0.25) is 9.59 Å². The van der Waals surface area contributed by atoms with E-state index in [0.717, 1.165) is 6.42 Å². The highest BCUT2D eigenvalue weighted by Crippen LogP contribution is 2.24. The molecule has 0 fully saturated rings. The van der Waals surface area contributed by atoms with Gasteiger partial charge in [0.25, 0.3) is 5.91 Å². The average Bonchev–Trinajstić information content (AvgIpc) is 2.44. The predicted octanol–water partition coefficient (Wildman–Crippen LogP) is 3.07. The number of nitrogens with zero attached hydrogens (tertiary/aromatic N) is 1. The third-order valence-corrected chi connectivity index (χ3v) is 3.10. The van der Waals surface area contributed by atoms with E-state index in [0.29, 0.717) is 35.9 Å². The zero-order valence-corrected chi connectivity index (χ0v) is 13.0. The number of carboxylic acid groups (broad SMARTS) is 1. The van der Waals surface area contributed by atoms with Crippen molar-refractivity contribution in [2.45, 2.75) is 26.2 Å². The minimum atomic E-state index is -0.870. The van der Waals surface area contributed by atoms with E-state index in [1.54, 1.807) is 25.2 Å². The molecule has 1 amide bonds. The number of ether oxygens (including phenoxy) is 1. The van der Waals surface area contributed by atoms with E-state index in [-0.39, 0.29) is 12.3 Å². The summed E-state index contributed by atoms with van der Waals surface area (Å²) in [6.45, 7) is 2.87. The Labute approximate surface area is 129 Å². The second-order valence-electron chi connectivity index (χ2n) is 4.71. The lowest BCUT2D eigenvalue weighted by Gasteiger charge is -2.19. The van der Waals surface area contributed by atoms with Crippen LogP contribution in [0.3, 0.4) is 0 Å². The Morgan fingerprint density at radius 2 is 2.10 bits per heavy atom. The molecule has 0 aliphatic rings. The first-order valence-corrected chi connectivity index (χ1v) is 7.23. The first-order chi connectivity index (χ1) is 9.95. The molecule has 0 atom stereocenters. The highest BCUT2D eigenvalue weighted by Gasteiger charge is 2.17. The summed E-state index contributed by atoms with van der Waals surface area (Å²) in [4.78, 5) is 24.4. The molecule has 0 spiro atoms. The molecular formula is C15H20ClNO4. The monoisotopic (exact) mass is 313 g/mol. The third-order valence-electron chi connectivity index (χ3n) is 2.86. The van der Waals surface area contributed by atoms with Gasteiger partial charge in [-0.2, -0.15) is 0 Å². The fourth-order valence-corrected chi connectivity index (χ4v) is 1.95. The third kappa shape index (κ3) is 5.63. The van der Waals surface area contributed by atoms with Gasteiger partial charge in [0.15, 0.2) is 0 Å². The summed E-state index contributed by atoms with van der Waals surface area (Å²) in [7, 11) is 1.63. The second-order valence-corrected chi connectivity index (χ2v) is 5.15. The molecule has 0 saturated carbocycles. The number of aliphatic carboxylic acids is 1. The summed E-state index contributed by atoms with van der Waals surface area (Å²) < 4.78 is 5.56. The van der Waals surface area contributed by atoms with Gasteiger partial charge in [0.05, 0.1) is 12.2 Å². The summed E-state index contributed by atoms with van der Waals surface area (Å²) in [6.07, 6.45) is 1.28. The topological polar surface area (TPSA) is 66.8 Å². The van der Waals surface area contributed by atoms with Crippen molar-refractivity contribution < 1.29 is 19.4 Å². The van der Waals surface area contributed by atoms with Crippen LogP contribution in [-0.4, -0.2) is 42.1 Å². The minimum Gasteiger partial charge on any atom is -0.493 e. The van der Waals surface area contributed by atoms with E-state index in [4.69, 9.17) is 21.4 Å².